The van der Waals surface area contributed by atoms with Gasteiger partial charge in [-0.1, -0.05) is 70.1 Å². The van der Waals surface area contributed by atoms with E-state index in [0.29, 0.717) is 29.2 Å². The monoisotopic (exact) mass is 1090 g/mol. The van der Waals surface area contributed by atoms with E-state index in [4.69, 9.17) is 38.0 Å². The van der Waals surface area contributed by atoms with Crippen molar-refractivity contribution in [3.63, 3.8) is 0 Å². The summed E-state index contributed by atoms with van der Waals surface area (Å²) in [6.45, 7) is 10.9. The minimum atomic E-state index is -1.90. The Bertz CT molecular complexity index is 2530. The number of Topliss-reactive ketones (excluding diaryl/α,β-unsaturated/α-hetero) is 2. The molecule has 22 heteroatoms. The third-order valence-electron chi connectivity index (χ3n) is 15.5. The van der Waals surface area contributed by atoms with Crippen LogP contribution in [0, 0.1) is 24.7 Å². The van der Waals surface area contributed by atoms with E-state index in [1.807, 2.05) is 38.1 Å². The van der Waals surface area contributed by atoms with E-state index in [1.165, 1.54) is 28.0 Å². The predicted molar refractivity (Wildman–Crippen MR) is 277 cm³/mol. The molecule has 3 heterocycles. The number of ketones is 2. The second kappa shape index (κ2) is 26.3. The van der Waals surface area contributed by atoms with Gasteiger partial charge in [0.1, 0.15) is 60.0 Å². The average molecular weight is 1090 g/mol. The van der Waals surface area contributed by atoms with Gasteiger partial charge in [0.05, 0.1) is 25.7 Å². The third kappa shape index (κ3) is 14.9. The van der Waals surface area contributed by atoms with Gasteiger partial charge in [-0.15, -0.1) is 5.06 Å². The highest BCUT2D eigenvalue weighted by Gasteiger charge is 2.64. The molecular formula is C56H76N4O18. The Morgan fingerprint density at radius 3 is 2.37 bits per heavy atom. The van der Waals surface area contributed by atoms with Crippen LogP contribution in [-0.2, 0) is 68.4 Å². The number of benzene rings is 1. The van der Waals surface area contributed by atoms with Crippen LogP contribution in [0.2, 0.25) is 0 Å². The lowest BCUT2D eigenvalue weighted by Crippen LogP contribution is -2.63. The van der Waals surface area contributed by atoms with E-state index in [0.717, 1.165) is 47.3 Å². The number of amides is 5. The zero-order valence-corrected chi connectivity index (χ0v) is 46.3. The molecule has 0 radical (unpaired) electrons. The highest BCUT2D eigenvalue weighted by molar-refractivity contribution is 6.02. The number of hydrogen-bond acceptors (Lipinski definition) is 18. The number of fused-ring (bicyclic) bond motifs is 5. The molecule has 3 N–H and O–H groups in total. The van der Waals surface area contributed by atoms with Crippen LogP contribution in [0.25, 0.3) is 0 Å². The molecule has 4 bridgehead atoms. The van der Waals surface area contributed by atoms with Crippen LogP contribution in [0.3, 0.4) is 0 Å². The molecule has 5 amide bonds. The lowest BCUT2D eigenvalue weighted by Gasteiger charge is -2.42. The highest BCUT2D eigenvalue weighted by atomic mass is 16.7. The molecule has 78 heavy (non-hydrogen) atoms. The first-order valence-corrected chi connectivity index (χ1v) is 26.7. The van der Waals surface area contributed by atoms with Gasteiger partial charge in [0.25, 0.3) is 11.8 Å². The third-order valence-corrected chi connectivity index (χ3v) is 15.5. The minimum Gasteiger partial charge on any atom is -0.496 e. The van der Waals surface area contributed by atoms with E-state index in [2.05, 4.69) is 10.6 Å². The van der Waals surface area contributed by atoms with Gasteiger partial charge in [-0.3, -0.25) is 29.3 Å². The molecule has 0 spiro atoms. The number of likely N-dealkylation sites (N-methyl/N-ethyl adjacent to an activating group) is 1. The molecule has 428 valence electrons. The topological polar surface area (TPSA) is 282 Å². The molecule has 3 saturated heterocycles. The number of allylic oxidation sites excluding steroid dienone is 4. The fourth-order valence-electron chi connectivity index (χ4n) is 10.3. The van der Waals surface area contributed by atoms with Crippen molar-refractivity contribution >= 4 is 53.6 Å². The summed E-state index contributed by atoms with van der Waals surface area (Å²) in [5.74, 6) is -7.27. The molecule has 3 fully saturated rings. The van der Waals surface area contributed by atoms with E-state index < -0.39 is 139 Å². The standard InChI is InChI=1S/C56H76N4O18/c1-31-17-16-20-45(72-10)56(70)29-44(75-53(68)58-56)36(6)49-55(7,77-49)46(28-42(62)34(4)39-26-37(25-31)27-43(71-9)35(39)5)76-50(65)33(3)32(2)41(61)23-24-73-52(67)57-40(51(66)78-60-47(63)21-22-48(60)64)30-59(8)54(69)74-38-18-14-12-11-13-15-19-38/h14,16-18,20,26-27,32-34,36,38,40,44-46,49,70H,11-13,15,19,21-25,28-30H2,1-10H3,(H,57,67)(H,58,68)/b18-14+,20-16+,31-17+/t32?,33-,34?,36-,38?,40?,44?,45?,46+,49+,55+,56?/m1/s1. The fourth-order valence-corrected chi connectivity index (χ4v) is 10.3. The van der Waals surface area contributed by atoms with Gasteiger partial charge in [0, 0.05) is 64.0 Å². The molecule has 0 saturated carbocycles. The lowest BCUT2D eigenvalue weighted by atomic mass is 9.81. The van der Waals surface area contributed by atoms with E-state index >= 15 is 0 Å². The lowest BCUT2D eigenvalue weighted by molar-refractivity contribution is -0.199. The minimum absolute atomic E-state index is 0.114. The van der Waals surface area contributed by atoms with Crippen LogP contribution in [-0.4, -0.2) is 151 Å². The van der Waals surface area contributed by atoms with Crippen LogP contribution in [0.15, 0.2) is 48.1 Å². The van der Waals surface area contributed by atoms with E-state index in [1.54, 1.807) is 46.1 Å². The Kier molecular flexibility index (Phi) is 20.5. The predicted octanol–water partition coefficient (Wildman–Crippen LogP) is 5.92. The number of nitrogens with one attached hydrogen (secondary N) is 2. The van der Waals surface area contributed by atoms with Crippen molar-refractivity contribution in [2.75, 3.05) is 34.4 Å². The summed E-state index contributed by atoms with van der Waals surface area (Å²) in [4.78, 5) is 126. The molecular weight excluding hydrogens is 1020 g/mol. The Hall–Kier alpha value is -6.65. The number of rotatable bonds is 15. The summed E-state index contributed by atoms with van der Waals surface area (Å²) < 4.78 is 40.6. The Morgan fingerprint density at radius 2 is 1.68 bits per heavy atom. The van der Waals surface area contributed by atoms with E-state index in [-0.39, 0.29) is 31.5 Å². The van der Waals surface area contributed by atoms with Crippen LogP contribution in [0.1, 0.15) is 128 Å². The largest absolute Gasteiger partial charge is 0.496 e. The smallest absolute Gasteiger partial charge is 0.410 e. The zero-order chi connectivity index (χ0) is 57.2. The van der Waals surface area contributed by atoms with Gasteiger partial charge in [0.15, 0.2) is 5.72 Å². The summed E-state index contributed by atoms with van der Waals surface area (Å²) in [6, 6.07) is 2.18. The SMILES string of the molecule is COc1cc2cc(c1C)C(C)C(=O)C[C@H](OC(=O)[C@H](C)C(C)C(=O)CCOC(=O)NC(CN(C)C(=O)OC1/C=C/CCCCC1)C(=O)ON1C(=O)CCC1=O)[C@]1(C)O[C@H]1[C@H](C)C1CC(O)(NC(=O)O1)C(OC)/C=C/C=C(\C)C2. The number of aliphatic hydroxyl groups is 1. The summed E-state index contributed by atoms with van der Waals surface area (Å²) >= 11 is 0. The molecule has 3 aliphatic heterocycles. The molecule has 2 aliphatic carbocycles. The van der Waals surface area contributed by atoms with Crippen molar-refractivity contribution < 1.29 is 86.3 Å². The van der Waals surface area contributed by atoms with Gasteiger partial charge in [-0.05, 0) is 81.7 Å². The summed E-state index contributed by atoms with van der Waals surface area (Å²) in [5.41, 5.74) is 0.0500. The Labute approximate surface area is 454 Å². The number of epoxide rings is 1. The van der Waals surface area contributed by atoms with Gasteiger partial charge >= 0.3 is 30.2 Å². The first-order chi connectivity index (χ1) is 36.9. The number of nitrogens with zero attached hydrogens (tertiary/aromatic N) is 2. The van der Waals surface area contributed by atoms with Crippen molar-refractivity contribution in [2.45, 2.75) is 173 Å². The number of alkyl carbamates (subject to hydrolysis) is 2. The van der Waals surface area contributed by atoms with E-state index in [9.17, 15) is 48.3 Å². The molecule has 0 aromatic heterocycles. The second-order valence-corrected chi connectivity index (χ2v) is 21.3. The number of carbonyl (C=O) groups excluding carboxylic acids is 9. The van der Waals surface area contributed by atoms with Crippen molar-refractivity contribution in [1.82, 2.24) is 20.6 Å². The van der Waals surface area contributed by atoms with Crippen molar-refractivity contribution in [2.24, 2.45) is 17.8 Å². The average Bonchev–Trinajstić information content (AvgIpc) is 4.14. The quantitative estimate of drug-likeness (QED) is 0.0604. The zero-order valence-electron chi connectivity index (χ0n) is 46.3. The summed E-state index contributed by atoms with van der Waals surface area (Å²) in [7, 11) is 4.28. The van der Waals surface area contributed by atoms with Crippen molar-refractivity contribution in [3.05, 3.63) is 64.8 Å². The van der Waals surface area contributed by atoms with Crippen LogP contribution in [0.4, 0.5) is 14.4 Å². The maximum atomic E-state index is 14.5. The number of ether oxygens (including phenoxy) is 7. The normalized spacial score (nSPS) is 30.2. The first kappa shape index (κ1) is 60.6. The Morgan fingerprint density at radius 1 is 0.962 bits per heavy atom. The van der Waals surface area contributed by atoms with Crippen LogP contribution < -0.4 is 15.4 Å². The number of methoxy groups -OCH3 is 2. The fraction of sp³-hybridized carbons (Fsp3) is 0.625. The molecule has 22 nitrogen and oxygen atoms in total. The summed E-state index contributed by atoms with van der Waals surface area (Å²) in [5, 5.41) is 17.0. The Balaban J connectivity index is 1.15. The summed E-state index contributed by atoms with van der Waals surface area (Å²) in [6.07, 6.45) is 5.19. The maximum absolute atomic E-state index is 14.5. The number of hydrogen-bond donors (Lipinski definition) is 3. The number of imide groups is 1. The molecule has 1 aromatic carbocycles. The first-order valence-electron chi connectivity index (χ1n) is 26.7. The van der Waals surface area contributed by atoms with Gasteiger partial charge in [-0.2, -0.15) is 0 Å². The van der Waals surface area contributed by atoms with Gasteiger partial charge in [0.2, 0.25) is 0 Å². The number of hydroxylamine groups is 2. The number of carbonyl (C=O) groups is 9. The molecule has 12 atom stereocenters. The molecule has 7 unspecified atom stereocenters. The van der Waals surface area contributed by atoms with Crippen molar-refractivity contribution in [1.29, 1.82) is 0 Å². The molecule has 1 aromatic rings. The highest BCUT2D eigenvalue weighted by Crippen LogP contribution is 2.49. The van der Waals surface area contributed by atoms with Crippen LogP contribution >= 0.6 is 0 Å². The molecule has 5 aliphatic rings. The van der Waals surface area contributed by atoms with Gasteiger partial charge < -0.3 is 53.3 Å². The number of esters is 1. The van der Waals surface area contributed by atoms with Crippen LogP contribution in [0.5, 0.6) is 5.75 Å². The van der Waals surface area contributed by atoms with Gasteiger partial charge in [-0.25, -0.2) is 19.2 Å². The molecule has 6 rings (SSSR count). The van der Waals surface area contributed by atoms with Crippen molar-refractivity contribution in [3.8, 4) is 5.75 Å². The second-order valence-electron chi connectivity index (χ2n) is 21.3. The maximum Gasteiger partial charge on any atom is 0.410 e.